The third-order valence-corrected chi connectivity index (χ3v) is 3.24. The van der Waals surface area contributed by atoms with Crippen LogP contribution in [0.4, 0.5) is 0 Å². The first kappa shape index (κ1) is 15.8. The second kappa shape index (κ2) is 8.01. The van der Waals surface area contributed by atoms with Crippen LogP contribution in [0.2, 0.25) is 0 Å². The first-order valence-electron chi connectivity index (χ1n) is 6.07. The molecule has 0 saturated carbocycles. The van der Waals surface area contributed by atoms with Gasteiger partial charge in [0.05, 0.1) is 13.2 Å². The Kier molecular flexibility index (Phi) is 7.93. The van der Waals surface area contributed by atoms with Gasteiger partial charge in [-0.2, -0.15) is 0 Å². The third-order valence-electron chi connectivity index (χ3n) is 3.24. The summed E-state index contributed by atoms with van der Waals surface area (Å²) in [4.78, 5) is 2.26. The number of likely N-dealkylation sites (N-methyl/N-ethyl adjacent to an activating group) is 2. The maximum absolute atomic E-state index is 9.32. The van der Waals surface area contributed by atoms with E-state index in [4.69, 9.17) is 4.74 Å². The maximum atomic E-state index is 9.32. The molecule has 2 N–H and O–H groups in total. The molecule has 4 heteroatoms. The maximum Gasteiger partial charge on any atom is 0.0611 e. The number of aliphatic hydroxyl groups excluding tert-OH is 1. The molecule has 0 fully saturated rings. The van der Waals surface area contributed by atoms with Gasteiger partial charge in [0.25, 0.3) is 0 Å². The molecule has 0 aliphatic carbocycles. The molecule has 0 saturated heterocycles. The lowest BCUT2D eigenvalue weighted by Crippen LogP contribution is -2.48. The topological polar surface area (TPSA) is 44.7 Å². The second-order valence-corrected chi connectivity index (χ2v) is 4.70. The van der Waals surface area contributed by atoms with E-state index in [-0.39, 0.29) is 12.1 Å². The zero-order valence-corrected chi connectivity index (χ0v) is 11.4. The quantitative estimate of drug-likeness (QED) is 0.575. The molecule has 4 nitrogen and oxygen atoms in total. The summed E-state index contributed by atoms with van der Waals surface area (Å²) in [6.45, 7) is 8.86. The Morgan fingerprint density at radius 2 is 2.12 bits per heavy atom. The molecule has 0 aromatic heterocycles. The molecule has 0 rings (SSSR count). The smallest absolute Gasteiger partial charge is 0.0611 e. The van der Waals surface area contributed by atoms with Gasteiger partial charge >= 0.3 is 0 Å². The van der Waals surface area contributed by atoms with E-state index in [1.54, 1.807) is 0 Å². The van der Waals surface area contributed by atoms with Crippen LogP contribution >= 0.6 is 0 Å². The fourth-order valence-corrected chi connectivity index (χ4v) is 1.63. The molecular weight excluding hydrogens is 204 g/mol. The Balaban J connectivity index is 3.98. The highest BCUT2D eigenvalue weighted by atomic mass is 16.5. The van der Waals surface area contributed by atoms with Crippen molar-refractivity contribution in [3.05, 3.63) is 0 Å². The summed E-state index contributed by atoms with van der Waals surface area (Å²) in [6.07, 6.45) is 0.919. The highest BCUT2D eigenvalue weighted by molar-refractivity contribution is 4.85. The van der Waals surface area contributed by atoms with E-state index in [0.717, 1.165) is 26.2 Å². The van der Waals surface area contributed by atoms with Gasteiger partial charge in [0.1, 0.15) is 0 Å². The van der Waals surface area contributed by atoms with Gasteiger partial charge in [-0.05, 0) is 41.3 Å². The molecule has 0 aliphatic heterocycles. The molecule has 0 aromatic rings. The van der Waals surface area contributed by atoms with E-state index < -0.39 is 0 Å². The first-order chi connectivity index (χ1) is 7.49. The molecule has 2 unspecified atom stereocenters. The van der Waals surface area contributed by atoms with E-state index in [2.05, 4.69) is 24.2 Å². The van der Waals surface area contributed by atoms with Crippen LogP contribution in [0.3, 0.4) is 0 Å². The zero-order chi connectivity index (χ0) is 12.6. The van der Waals surface area contributed by atoms with E-state index in [0.29, 0.717) is 6.04 Å². The van der Waals surface area contributed by atoms with Crippen LogP contribution in [-0.2, 0) is 4.74 Å². The largest absolute Gasteiger partial charge is 0.394 e. The summed E-state index contributed by atoms with van der Waals surface area (Å²) in [6, 6.07) is 0.421. The lowest BCUT2D eigenvalue weighted by Gasteiger charge is -2.34. The molecule has 2 atom stereocenters. The van der Waals surface area contributed by atoms with Crippen LogP contribution in [0, 0.1) is 0 Å². The molecule has 0 radical (unpaired) electrons. The van der Waals surface area contributed by atoms with Crippen molar-refractivity contribution in [1.29, 1.82) is 0 Å². The standard InChI is InChI=1S/C12H28N2O2/c1-6-16-8-7-14(5)11(2)9-12(3,10-15)13-4/h11,13,15H,6-10H2,1-5H3. The average molecular weight is 232 g/mol. The van der Waals surface area contributed by atoms with Crippen molar-refractivity contribution in [3.8, 4) is 0 Å². The SMILES string of the molecule is CCOCCN(C)C(C)CC(C)(CO)NC. The number of aliphatic hydroxyl groups is 1. The lowest BCUT2D eigenvalue weighted by molar-refractivity contribution is 0.0912. The average Bonchev–Trinajstić information content (AvgIpc) is 2.29. The molecule has 0 aliphatic rings. The van der Waals surface area contributed by atoms with Crippen molar-refractivity contribution in [3.63, 3.8) is 0 Å². The molecule has 98 valence electrons. The summed E-state index contributed by atoms with van der Waals surface area (Å²) < 4.78 is 5.33. The van der Waals surface area contributed by atoms with Crippen molar-refractivity contribution in [1.82, 2.24) is 10.2 Å². The predicted octanol–water partition coefficient (Wildman–Crippen LogP) is 0.704. The fraction of sp³-hybridized carbons (Fsp3) is 1.00. The summed E-state index contributed by atoms with van der Waals surface area (Å²) in [5, 5.41) is 12.5. The fourth-order valence-electron chi connectivity index (χ4n) is 1.63. The Morgan fingerprint density at radius 3 is 2.56 bits per heavy atom. The van der Waals surface area contributed by atoms with E-state index in [9.17, 15) is 5.11 Å². The second-order valence-electron chi connectivity index (χ2n) is 4.70. The van der Waals surface area contributed by atoms with Crippen LogP contribution in [0.15, 0.2) is 0 Å². The highest BCUT2D eigenvalue weighted by Gasteiger charge is 2.25. The van der Waals surface area contributed by atoms with Gasteiger partial charge in [-0.15, -0.1) is 0 Å². The van der Waals surface area contributed by atoms with E-state index in [1.807, 2.05) is 20.9 Å². The number of hydrogen-bond donors (Lipinski definition) is 2. The molecule has 0 bridgehead atoms. The predicted molar refractivity (Wildman–Crippen MR) is 67.8 cm³/mol. The monoisotopic (exact) mass is 232 g/mol. The summed E-state index contributed by atoms with van der Waals surface area (Å²) >= 11 is 0. The molecule has 0 aromatic carbocycles. The molecule has 0 spiro atoms. The van der Waals surface area contributed by atoms with Crippen molar-refractivity contribution in [2.24, 2.45) is 0 Å². The van der Waals surface area contributed by atoms with Gasteiger partial charge in [-0.1, -0.05) is 0 Å². The minimum atomic E-state index is -0.195. The van der Waals surface area contributed by atoms with Crippen LogP contribution in [-0.4, -0.2) is 62.0 Å². The highest BCUT2D eigenvalue weighted by Crippen LogP contribution is 2.14. The Labute approximate surface area is 100.0 Å². The number of nitrogens with one attached hydrogen (secondary N) is 1. The molecular formula is C12H28N2O2. The van der Waals surface area contributed by atoms with Crippen LogP contribution in [0.1, 0.15) is 27.2 Å². The van der Waals surface area contributed by atoms with E-state index >= 15 is 0 Å². The van der Waals surface area contributed by atoms with E-state index in [1.165, 1.54) is 0 Å². The first-order valence-corrected chi connectivity index (χ1v) is 6.07. The van der Waals surface area contributed by atoms with Gasteiger partial charge in [0.2, 0.25) is 0 Å². The Morgan fingerprint density at radius 1 is 1.50 bits per heavy atom. The van der Waals surface area contributed by atoms with Crippen molar-refractivity contribution < 1.29 is 9.84 Å². The Bertz CT molecular complexity index is 172. The van der Waals surface area contributed by atoms with Crippen LogP contribution < -0.4 is 5.32 Å². The van der Waals surface area contributed by atoms with Crippen molar-refractivity contribution in [2.45, 2.75) is 38.8 Å². The van der Waals surface area contributed by atoms with Gasteiger partial charge < -0.3 is 20.1 Å². The van der Waals surface area contributed by atoms with Gasteiger partial charge in [0, 0.05) is 24.7 Å². The minimum absolute atomic E-state index is 0.160. The number of ether oxygens (including phenoxy) is 1. The molecule has 0 heterocycles. The van der Waals surface area contributed by atoms with Crippen molar-refractivity contribution >= 4 is 0 Å². The minimum Gasteiger partial charge on any atom is -0.394 e. The van der Waals surface area contributed by atoms with Crippen molar-refractivity contribution in [2.75, 3.05) is 40.5 Å². The summed E-state index contributed by atoms with van der Waals surface area (Å²) in [5.74, 6) is 0. The van der Waals surface area contributed by atoms with Crippen LogP contribution in [0.25, 0.3) is 0 Å². The molecule has 0 amide bonds. The van der Waals surface area contributed by atoms with Gasteiger partial charge in [0.15, 0.2) is 0 Å². The van der Waals surface area contributed by atoms with Gasteiger partial charge in [-0.25, -0.2) is 0 Å². The normalized spacial score (nSPS) is 17.4. The number of rotatable bonds is 9. The summed E-state index contributed by atoms with van der Waals surface area (Å²) in [7, 11) is 3.99. The summed E-state index contributed by atoms with van der Waals surface area (Å²) in [5.41, 5.74) is -0.195. The number of nitrogens with zero attached hydrogens (tertiary/aromatic N) is 1. The zero-order valence-electron chi connectivity index (χ0n) is 11.4. The Hall–Kier alpha value is -0.160. The molecule has 16 heavy (non-hydrogen) atoms. The van der Waals surface area contributed by atoms with Gasteiger partial charge in [-0.3, -0.25) is 0 Å². The number of hydrogen-bond acceptors (Lipinski definition) is 4. The van der Waals surface area contributed by atoms with Crippen LogP contribution in [0.5, 0.6) is 0 Å². The third kappa shape index (κ3) is 5.80. The lowest BCUT2D eigenvalue weighted by atomic mass is 9.94.